The third-order valence-electron chi connectivity index (χ3n) is 4.52. The molecule has 4 heteroatoms. The first kappa shape index (κ1) is 12.3. The summed E-state index contributed by atoms with van der Waals surface area (Å²) >= 11 is 0. The number of nitriles is 1. The molecule has 4 nitrogen and oxygen atoms in total. The van der Waals surface area contributed by atoms with E-state index in [1.54, 1.807) is 12.3 Å². The number of nitrogen functional groups attached to an aromatic ring is 1. The molecule has 3 rings (SSSR count). The lowest BCUT2D eigenvalue weighted by Crippen LogP contribution is -2.47. The van der Waals surface area contributed by atoms with Crippen molar-refractivity contribution in [3.05, 3.63) is 17.8 Å². The smallest absolute Gasteiger partial charge is 0.146 e. The first-order chi connectivity index (χ1) is 9.29. The van der Waals surface area contributed by atoms with Gasteiger partial charge in [-0.15, -0.1) is 0 Å². The number of anilines is 2. The Morgan fingerprint density at radius 1 is 1.26 bits per heavy atom. The van der Waals surface area contributed by atoms with Crippen LogP contribution in [0.4, 0.5) is 11.5 Å². The summed E-state index contributed by atoms with van der Waals surface area (Å²) in [7, 11) is 0. The molecule has 0 aromatic carbocycles. The third kappa shape index (κ3) is 2.25. The van der Waals surface area contributed by atoms with Gasteiger partial charge in [-0.05, 0) is 37.7 Å². The molecular formula is C15H20N4. The minimum atomic E-state index is 0.567. The Hall–Kier alpha value is -1.76. The van der Waals surface area contributed by atoms with Crippen LogP contribution in [0.3, 0.4) is 0 Å². The lowest BCUT2D eigenvalue weighted by atomic mass is 9.78. The summed E-state index contributed by atoms with van der Waals surface area (Å²) in [5.41, 5.74) is 6.92. The molecule has 19 heavy (non-hydrogen) atoms. The van der Waals surface area contributed by atoms with Gasteiger partial charge in [0, 0.05) is 12.6 Å². The lowest BCUT2D eigenvalue weighted by molar-refractivity contribution is 0.242. The maximum Gasteiger partial charge on any atom is 0.146 e. The van der Waals surface area contributed by atoms with Crippen molar-refractivity contribution in [2.75, 3.05) is 17.2 Å². The number of fused-ring (bicyclic) bond motifs is 1. The zero-order chi connectivity index (χ0) is 13.2. The monoisotopic (exact) mass is 256 g/mol. The fourth-order valence-corrected chi connectivity index (χ4v) is 3.67. The first-order valence-electron chi connectivity index (χ1n) is 7.22. The molecule has 0 amide bonds. The lowest BCUT2D eigenvalue weighted by Gasteiger charge is -2.45. The maximum absolute atomic E-state index is 9.30. The summed E-state index contributed by atoms with van der Waals surface area (Å²) in [5, 5.41) is 9.30. The highest BCUT2D eigenvalue weighted by atomic mass is 15.2. The van der Waals surface area contributed by atoms with Crippen molar-refractivity contribution in [1.82, 2.24) is 4.98 Å². The minimum absolute atomic E-state index is 0.567. The van der Waals surface area contributed by atoms with Crippen LogP contribution in [0.25, 0.3) is 0 Å². The predicted molar refractivity (Wildman–Crippen MR) is 75.7 cm³/mol. The van der Waals surface area contributed by atoms with Crippen LogP contribution < -0.4 is 10.6 Å². The van der Waals surface area contributed by atoms with Gasteiger partial charge in [0.2, 0.25) is 0 Å². The number of aromatic nitrogens is 1. The van der Waals surface area contributed by atoms with Crippen LogP contribution in [0.1, 0.15) is 44.1 Å². The second-order valence-corrected chi connectivity index (χ2v) is 5.70. The van der Waals surface area contributed by atoms with Gasteiger partial charge in [-0.25, -0.2) is 4.98 Å². The summed E-state index contributed by atoms with van der Waals surface area (Å²) < 4.78 is 0. The topological polar surface area (TPSA) is 65.9 Å². The Morgan fingerprint density at radius 2 is 2.05 bits per heavy atom. The highest BCUT2D eigenvalue weighted by Crippen LogP contribution is 2.38. The largest absolute Gasteiger partial charge is 0.397 e. The summed E-state index contributed by atoms with van der Waals surface area (Å²) in [5.74, 6) is 1.63. The summed E-state index contributed by atoms with van der Waals surface area (Å²) in [6.45, 7) is 1.02. The van der Waals surface area contributed by atoms with E-state index in [0.29, 0.717) is 17.3 Å². The molecule has 2 atom stereocenters. The Kier molecular flexibility index (Phi) is 3.29. The van der Waals surface area contributed by atoms with E-state index in [4.69, 9.17) is 5.73 Å². The molecule has 1 saturated carbocycles. The van der Waals surface area contributed by atoms with E-state index in [0.717, 1.165) is 18.3 Å². The number of piperidine rings is 1. The number of hydrogen-bond donors (Lipinski definition) is 1. The summed E-state index contributed by atoms with van der Waals surface area (Å²) in [6, 6.07) is 4.56. The molecule has 2 N–H and O–H groups in total. The quantitative estimate of drug-likeness (QED) is 0.839. The van der Waals surface area contributed by atoms with Crippen LogP contribution in [0.5, 0.6) is 0 Å². The van der Waals surface area contributed by atoms with Crippen molar-refractivity contribution in [3.8, 4) is 6.07 Å². The van der Waals surface area contributed by atoms with Gasteiger partial charge in [0.05, 0.1) is 17.4 Å². The first-order valence-corrected chi connectivity index (χ1v) is 7.22. The molecule has 2 aliphatic rings. The maximum atomic E-state index is 9.30. The van der Waals surface area contributed by atoms with Crippen LogP contribution in [0, 0.1) is 17.2 Å². The van der Waals surface area contributed by atoms with Crippen LogP contribution >= 0.6 is 0 Å². The fourth-order valence-electron chi connectivity index (χ4n) is 3.67. The van der Waals surface area contributed by atoms with Crippen molar-refractivity contribution in [1.29, 1.82) is 5.26 Å². The van der Waals surface area contributed by atoms with Crippen LogP contribution in [0.15, 0.2) is 12.3 Å². The second-order valence-electron chi connectivity index (χ2n) is 5.70. The van der Waals surface area contributed by atoms with Gasteiger partial charge in [0.15, 0.2) is 0 Å². The van der Waals surface area contributed by atoms with E-state index < -0.39 is 0 Å². The van der Waals surface area contributed by atoms with E-state index in [1.165, 1.54) is 38.5 Å². The molecule has 1 aromatic heterocycles. The van der Waals surface area contributed by atoms with Crippen molar-refractivity contribution in [2.45, 2.75) is 44.6 Å². The highest BCUT2D eigenvalue weighted by Gasteiger charge is 2.34. The van der Waals surface area contributed by atoms with Crippen LogP contribution in [-0.4, -0.2) is 17.6 Å². The van der Waals surface area contributed by atoms with E-state index >= 15 is 0 Å². The van der Waals surface area contributed by atoms with Gasteiger partial charge in [-0.3, -0.25) is 0 Å². The van der Waals surface area contributed by atoms with Gasteiger partial charge in [-0.2, -0.15) is 5.26 Å². The number of pyridine rings is 1. The molecule has 2 heterocycles. The molecule has 1 aromatic rings. The molecule has 1 aliphatic heterocycles. The number of nitrogens with zero attached hydrogens (tertiary/aromatic N) is 3. The molecule has 0 radical (unpaired) electrons. The van der Waals surface area contributed by atoms with E-state index in [1.807, 2.05) is 0 Å². The van der Waals surface area contributed by atoms with Crippen molar-refractivity contribution < 1.29 is 0 Å². The zero-order valence-corrected chi connectivity index (χ0v) is 11.2. The van der Waals surface area contributed by atoms with Crippen LogP contribution in [-0.2, 0) is 0 Å². The van der Waals surface area contributed by atoms with Gasteiger partial charge in [0.1, 0.15) is 11.9 Å². The van der Waals surface area contributed by atoms with Crippen molar-refractivity contribution in [2.24, 2.45) is 5.92 Å². The van der Waals surface area contributed by atoms with Gasteiger partial charge in [-0.1, -0.05) is 12.8 Å². The molecule has 0 spiro atoms. The van der Waals surface area contributed by atoms with E-state index in [-0.39, 0.29) is 0 Å². The van der Waals surface area contributed by atoms with Crippen molar-refractivity contribution in [3.63, 3.8) is 0 Å². The average Bonchev–Trinajstić information content (AvgIpc) is 2.46. The van der Waals surface area contributed by atoms with E-state index in [2.05, 4.69) is 16.0 Å². The van der Waals surface area contributed by atoms with E-state index in [9.17, 15) is 5.26 Å². The fraction of sp³-hybridized carbons (Fsp3) is 0.600. The zero-order valence-electron chi connectivity index (χ0n) is 11.2. The van der Waals surface area contributed by atoms with Crippen LogP contribution in [0.2, 0.25) is 0 Å². The SMILES string of the molecule is N#Cc1cc(N)cnc1N1CCC[C@H]2CCCC[C@H]21. The minimum Gasteiger partial charge on any atom is -0.397 e. The normalized spacial score (nSPS) is 26.6. The van der Waals surface area contributed by atoms with Crippen molar-refractivity contribution >= 4 is 11.5 Å². The molecule has 2 fully saturated rings. The molecular weight excluding hydrogens is 236 g/mol. The van der Waals surface area contributed by atoms with Gasteiger partial charge < -0.3 is 10.6 Å². The standard InChI is InChI=1S/C15H20N4/c16-9-12-8-13(17)10-18-15(12)19-7-3-5-11-4-1-2-6-14(11)19/h8,10-11,14H,1-7,17H2/t11-,14-/m1/s1. The molecule has 1 aliphatic carbocycles. The third-order valence-corrected chi connectivity index (χ3v) is 4.52. The molecule has 0 bridgehead atoms. The number of hydrogen-bond acceptors (Lipinski definition) is 4. The molecule has 100 valence electrons. The van der Waals surface area contributed by atoms with Gasteiger partial charge >= 0.3 is 0 Å². The summed E-state index contributed by atoms with van der Waals surface area (Å²) in [6.07, 6.45) is 9.43. The Balaban J connectivity index is 1.94. The second kappa shape index (κ2) is 5.08. The number of nitrogens with two attached hydrogens (primary N) is 1. The summed E-state index contributed by atoms with van der Waals surface area (Å²) in [4.78, 5) is 6.81. The van der Waals surface area contributed by atoms with Gasteiger partial charge in [0.25, 0.3) is 0 Å². The predicted octanol–water partition coefficient (Wildman–Crippen LogP) is 2.69. The Labute approximate surface area is 114 Å². The molecule has 1 saturated heterocycles. The molecule has 0 unspecified atom stereocenters. The Morgan fingerprint density at radius 3 is 2.89 bits per heavy atom. The number of rotatable bonds is 1. The highest BCUT2D eigenvalue weighted by molar-refractivity contribution is 5.59. The average molecular weight is 256 g/mol. The Bertz CT molecular complexity index is 503.